The number of aromatic carboxylic acids is 1. The monoisotopic (exact) mass is 516 g/mol. The number of alkyl halides is 3. The molecular weight excluding hydrogens is 489 g/mol. The number of carbonyl (C=O) groups is 1. The Balaban J connectivity index is 1.25. The molecule has 2 fully saturated rings. The van der Waals surface area contributed by atoms with Crippen molar-refractivity contribution < 1.29 is 37.1 Å². The standard InChI is InChI=1S/C27H27F3N2O5/c28-27(29,30)36-23-7-2-1-6-21(23)24-22(25(37-31-24)18-8-9-18)15-32-12-10-17(11-13-32)16-35-20-5-3-4-19(14-20)26(33)34/h1-7,14,17-18H,8-13,15-16H2,(H,33,34). The van der Waals surface area contributed by atoms with Gasteiger partial charge in [-0.2, -0.15) is 0 Å². The minimum absolute atomic E-state index is 0.186. The van der Waals surface area contributed by atoms with Crippen molar-refractivity contribution in [3.63, 3.8) is 0 Å². The number of ether oxygens (including phenoxy) is 2. The second-order valence-electron chi connectivity index (χ2n) is 9.56. The Hall–Kier alpha value is -3.53. The Labute approximate surface area is 211 Å². The van der Waals surface area contributed by atoms with Crippen molar-refractivity contribution in [2.75, 3.05) is 19.7 Å². The third kappa shape index (κ3) is 6.25. The van der Waals surface area contributed by atoms with Crippen LogP contribution in [0.5, 0.6) is 11.5 Å². The van der Waals surface area contributed by atoms with E-state index in [1.165, 1.54) is 24.3 Å². The number of para-hydroxylation sites is 1. The molecule has 1 N–H and O–H groups in total. The smallest absolute Gasteiger partial charge is 0.493 e. The van der Waals surface area contributed by atoms with Crippen LogP contribution < -0.4 is 9.47 Å². The molecule has 1 aliphatic carbocycles. The first kappa shape index (κ1) is 25.1. The highest BCUT2D eigenvalue weighted by atomic mass is 19.4. The summed E-state index contributed by atoms with van der Waals surface area (Å²) in [7, 11) is 0. The van der Waals surface area contributed by atoms with Crippen LogP contribution in [0.25, 0.3) is 11.3 Å². The number of carboxylic acids is 1. The van der Waals surface area contributed by atoms with Gasteiger partial charge in [0.25, 0.3) is 0 Å². The molecule has 0 bridgehead atoms. The Bertz CT molecular complexity index is 1250. The number of rotatable bonds is 9. The first-order valence-corrected chi connectivity index (χ1v) is 12.3. The van der Waals surface area contributed by atoms with Gasteiger partial charge in [0.1, 0.15) is 23.0 Å². The average molecular weight is 517 g/mol. The lowest BCUT2D eigenvalue weighted by atomic mass is 9.96. The van der Waals surface area contributed by atoms with E-state index >= 15 is 0 Å². The third-order valence-corrected chi connectivity index (χ3v) is 6.79. The molecular formula is C27H27F3N2O5. The lowest BCUT2D eigenvalue weighted by Crippen LogP contribution is -2.35. The largest absolute Gasteiger partial charge is 0.573 e. The summed E-state index contributed by atoms with van der Waals surface area (Å²) >= 11 is 0. The lowest BCUT2D eigenvalue weighted by molar-refractivity contribution is -0.274. The summed E-state index contributed by atoms with van der Waals surface area (Å²) in [5, 5.41) is 13.3. The number of aromatic nitrogens is 1. The fourth-order valence-electron chi connectivity index (χ4n) is 4.70. The van der Waals surface area contributed by atoms with E-state index in [0.29, 0.717) is 30.5 Å². The van der Waals surface area contributed by atoms with E-state index in [9.17, 15) is 18.0 Å². The van der Waals surface area contributed by atoms with Gasteiger partial charge in [0.2, 0.25) is 0 Å². The van der Waals surface area contributed by atoms with Crippen LogP contribution in [-0.2, 0) is 6.54 Å². The van der Waals surface area contributed by atoms with Crippen LogP contribution in [0.2, 0.25) is 0 Å². The summed E-state index contributed by atoms with van der Waals surface area (Å²) in [6, 6.07) is 12.5. The summed E-state index contributed by atoms with van der Waals surface area (Å²) in [4.78, 5) is 13.4. The van der Waals surface area contributed by atoms with Gasteiger partial charge >= 0.3 is 12.3 Å². The Morgan fingerprint density at radius 1 is 1.08 bits per heavy atom. The molecule has 0 amide bonds. The number of hydrogen-bond donors (Lipinski definition) is 1. The quantitative estimate of drug-likeness (QED) is 0.367. The molecule has 0 unspecified atom stereocenters. The molecule has 7 nitrogen and oxygen atoms in total. The normalized spacial score (nSPS) is 17.1. The van der Waals surface area contributed by atoms with Crippen LogP contribution in [0.3, 0.4) is 0 Å². The van der Waals surface area contributed by atoms with Crippen LogP contribution >= 0.6 is 0 Å². The van der Waals surface area contributed by atoms with Crippen molar-refractivity contribution in [2.24, 2.45) is 5.92 Å². The predicted octanol–water partition coefficient (Wildman–Crippen LogP) is 6.11. The van der Waals surface area contributed by atoms with Gasteiger partial charge in [0, 0.05) is 23.6 Å². The molecule has 37 heavy (non-hydrogen) atoms. The van der Waals surface area contributed by atoms with Gasteiger partial charge in [-0.3, -0.25) is 4.90 Å². The average Bonchev–Trinajstić information content (AvgIpc) is 3.63. The van der Waals surface area contributed by atoms with E-state index < -0.39 is 12.3 Å². The summed E-state index contributed by atoms with van der Waals surface area (Å²) in [6.07, 6.45) is -1.09. The fraction of sp³-hybridized carbons (Fsp3) is 0.407. The van der Waals surface area contributed by atoms with Crippen LogP contribution in [0.1, 0.15) is 53.3 Å². The van der Waals surface area contributed by atoms with E-state index in [2.05, 4.69) is 14.8 Å². The number of benzene rings is 2. The second kappa shape index (κ2) is 10.5. The third-order valence-electron chi connectivity index (χ3n) is 6.79. The number of halogens is 3. The fourth-order valence-corrected chi connectivity index (χ4v) is 4.70. The zero-order valence-electron chi connectivity index (χ0n) is 20.0. The lowest BCUT2D eigenvalue weighted by Gasteiger charge is -2.32. The molecule has 3 aromatic rings. The molecule has 0 atom stereocenters. The first-order chi connectivity index (χ1) is 17.8. The van der Waals surface area contributed by atoms with Crippen molar-refractivity contribution in [2.45, 2.75) is 44.5 Å². The summed E-state index contributed by atoms with van der Waals surface area (Å²) in [6.45, 7) is 2.60. The highest BCUT2D eigenvalue weighted by Crippen LogP contribution is 2.46. The van der Waals surface area contributed by atoms with Crippen molar-refractivity contribution in [3.05, 3.63) is 65.4 Å². The Morgan fingerprint density at radius 2 is 1.84 bits per heavy atom. The predicted molar refractivity (Wildman–Crippen MR) is 127 cm³/mol. The molecule has 2 heterocycles. The van der Waals surface area contributed by atoms with Crippen LogP contribution in [0.15, 0.2) is 53.1 Å². The topological polar surface area (TPSA) is 85.0 Å². The molecule has 0 spiro atoms. The molecule has 0 radical (unpaired) electrons. The van der Waals surface area contributed by atoms with E-state index in [4.69, 9.17) is 14.4 Å². The summed E-state index contributed by atoms with van der Waals surface area (Å²) in [5.74, 6) is 0.556. The van der Waals surface area contributed by atoms with Gasteiger partial charge in [-0.15, -0.1) is 13.2 Å². The molecule has 2 aliphatic rings. The molecule has 5 rings (SSSR count). The summed E-state index contributed by atoms with van der Waals surface area (Å²) in [5.41, 5.74) is 1.66. The number of likely N-dealkylation sites (tertiary alicyclic amines) is 1. The molecule has 1 aromatic heterocycles. The number of piperidine rings is 1. The number of nitrogens with zero attached hydrogens (tertiary/aromatic N) is 2. The Kier molecular flexibility index (Phi) is 7.10. The van der Waals surface area contributed by atoms with E-state index in [-0.39, 0.29) is 22.8 Å². The van der Waals surface area contributed by atoms with Crippen LogP contribution in [-0.4, -0.2) is 47.2 Å². The van der Waals surface area contributed by atoms with Crippen molar-refractivity contribution in [1.29, 1.82) is 0 Å². The van der Waals surface area contributed by atoms with Crippen molar-refractivity contribution >= 4 is 5.97 Å². The second-order valence-corrected chi connectivity index (χ2v) is 9.56. The Morgan fingerprint density at radius 3 is 2.54 bits per heavy atom. The molecule has 2 aromatic carbocycles. The maximum Gasteiger partial charge on any atom is 0.573 e. The molecule has 1 saturated heterocycles. The van der Waals surface area contributed by atoms with Gasteiger partial charge < -0.3 is 19.1 Å². The van der Waals surface area contributed by atoms with Crippen LogP contribution in [0.4, 0.5) is 13.2 Å². The number of carboxylic acid groups (broad SMARTS) is 1. The zero-order chi connectivity index (χ0) is 26.0. The maximum atomic E-state index is 13.0. The maximum absolute atomic E-state index is 13.0. The zero-order valence-corrected chi connectivity index (χ0v) is 20.0. The number of hydrogen-bond acceptors (Lipinski definition) is 6. The minimum atomic E-state index is -4.81. The van der Waals surface area contributed by atoms with Gasteiger partial charge in [0.15, 0.2) is 0 Å². The van der Waals surface area contributed by atoms with Gasteiger partial charge in [0.05, 0.1) is 12.2 Å². The van der Waals surface area contributed by atoms with E-state index in [1.54, 1.807) is 24.3 Å². The highest BCUT2D eigenvalue weighted by Gasteiger charge is 2.36. The molecule has 1 saturated carbocycles. The van der Waals surface area contributed by atoms with Crippen molar-refractivity contribution in [3.8, 4) is 22.8 Å². The van der Waals surface area contributed by atoms with Gasteiger partial charge in [-0.05, 0) is 75.0 Å². The van der Waals surface area contributed by atoms with Gasteiger partial charge in [-0.25, -0.2) is 4.79 Å². The summed E-state index contributed by atoms with van der Waals surface area (Å²) < 4.78 is 54.8. The first-order valence-electron chi connectivity index (χ1n) is 12.3. The molecule has 10 heteroatoms. The van der Waals surface area contributed by atoms with Crippen molar-refractivity contribution in [1.82, 2.24) is 10.1 Å². The van der Waals surface area contributed by atoms with E-state index in [1.807, 2.05) is 0 Å². The molecule has 1 aliphatic heterocycles. The highest BCUT2D eigenvalue weighted by molar-refractivity contribution is 5.88. The SMILES string of the molecule is O=C(O)c1cccc(OCC2CCN(Cc3c(-c4ccccc4OC(F)(F)F)noc3C3CC3)CC2)c1. The minimum Gasteiger partial charge on any atom is -0.493 e. The van der Waals surface area contributed by atoms with Gasteiger partial charge in [-0.1, -0.05) is 23.4 Å². The molecule has 196 valence electrons. The van der Waals surface area contributed by atoms with E-state index in [0.717, 1.165) is 50.1 Å². The van der Waals surface area contributed by atoms with Crippen LogP contribution in [0, 0.1) is 5.92 Å².